The molecule has 28 heavy (non-hydrogen) atoms. The van der Waals surface area contributed by atoms with Crippen molar-refractivity contribution in [2.75, 3.05) is 26.2 Å². The van der Waals surface area contributed by atoms with Crippen LogP contribution in [0.4, 0.5) is 0 Å². The molecule has 2 aromatic rings. The lowest BCUT2D eigenvalue weighted by Gasteiger charge is -2.22. The zero-order valence-electron chi connectivity index (χ0n) is 16.8. The molecule has 0 atom stereocenters. The van der Waals surface area contributed by atoms with Gasteiger partial charge in [0.25, 0.3) is 0 Å². The summed E-state index contributed by atoms with van der Waals surface area (Å²) >= 11 is 0. The second kappa shape index (κ2) is 10.2. The van der Waals surface area contributed by atoms with Gasteiger partial charge in [0.05, 0.1) is 0 Å². The van der Waals surface area contributed by atoms with Crippen LogP contribution in [0, 0.1) is 0 Å². The molecular formula is C24H30N2O2. The molecule has 2 aromatic carbocycles. The second-order valence-electron chi connectivity index (χ2n) is 7.47. The summed E-state index contributed by atoms with van der Waals surface area (Å²) in [6, 6.07) is 18.2. The standard InChI is InChI=1S/C24H30N2O2/c1-2-20-9-11-22(12-10-20)23(27)13-14-24(28)26-16-6-15-25(17-18-26)19-21-7-4-3-5-8-21/h3-5,7-12H,2,6,13-19H2,1H3. The maximum absolute atomic E-state index is 12.6. The number of carbonyl (C=O) groups excluding carboxylic acids is 2. The number of benzene rings is 2. The minimum Gasteiger partial charge on any atom is -0.341 e. The summed E-state index contributed by atoms with van der Waals surface area (Å²) < 4.78 is 0. The van der Waals surface area contributed by atoms with E-state index in [0.717, 1.165) is 45.6 Å². The summed E-state index contributed by atoms with van der Waals surface area (Å²) in [7, 11) is 0. The van der Waals surface area contributed by atoms with Crippen LogP contribution in [0.5, 0.6) is 0 Å². The van der Waals surface area contributed by atoms with E-state index in [-0.39, 0.29) is 18.1 Å². The van der Waals surface area contributed by atoms with Gasteiger partial charge < -0.3 is 4.90 Å². The number of carbonyl (C=O) groups is 2. The fourth-order valence-electron chi connectivity index (χ4n) is 3.67. The van der Waals surface area contributed by atoms with E-state index in [4.69, 9.17) is 0 Å². The van der Waals surface area contributed by atoms with Gasteiger partial charge in [-0.15, -0.1) is 0 Å². The van der Waals surface area contributed by atoms with Gasteiger partial charge in [-0.2, -0.15) is 0 Å². The van der Waals surface area contributed by atoms with Gasteiger partial charge in [-0.25, -0.2) is 0 Å². The van der Waals surface area contributed by atoms with Crippen LogP contribution < -0.4 is 0 Å². The Morgan fingerprint density at radius 2 is 1.57 bits per heavy atom. The first-order chi connectivity index (χ1) is 13.7. The fraction of sp³-hybridized carbons (Fsp3) is 0.417. The lowest BCUT2D eigenvalue weighted by Crippen LogP contribution is -2.35. The molecule has 0 saturated carbocycles. The predicted molar refractivity (Wildman–Crippen MR) is 112 cm³/mol. The Bertz CT molecular complexity index is 771. The molecule has 0 aromatic heterocycles. The zero-order valence-corrected chi connectivity index (χ0v) is 16.8. The number of amides is 1. The van der Waals surface area contributed by atoms with Crippen molar-refractivity contribution in [3.63, 3.8) is 0 Å². The summed E-state index contributed by atoms with van der Waals surface area (Å²) in [6.45, 7) is 6.43. The van der Waals surface area contributed by atoms with Gasteiger partial charge in [-0.1, -0.05) is 61.5 Å². The minimum absolute atomic E-state index is 0.0523. The molecule has 0 aliphatic carbocycles. The lowest BCUT2D eigenvalue weighted by molar-refractivity contribution is -0.131. The first-order valence-corrected chi connectivity index (χ1v) is 10.3. The van der Waals surface area contributed by atoms with Crippen LogP contribution in [-0.2, 0) is 17.8 Å². The Morgan fingerprint density at radius 1 is 0.821 bits per heavy atom. The van der Waals surface area contributed by atoms with Crippen molar-refractivity contribution >= 4 is 11.7 Å². The summed E-state index contributed by atoms with van der Waals surface area (Å²) in [5.41, 5.74) is 3.23. The van der Waals surface area contributed by atoms with Gasteiger partial charge in [-0.3, -0.25) is 14.5 Å². The van der Waals surface area contributed by atoms with Gasteiger partial charge in [0, 0.05) is 51.1 Å². The van der Waals surface area contributed by atoms with E-state index in [1.54, 1.807) is 0 Å². The predicted octanol–water partition coefficient (Wildman–Crippen LogP) is 3.95. The van der Waals surface area contributed by atoms with Gasteiger partial charge in [0.1, 0.15) is 0 Å². The van der Waals surface area contributed by atoms with Crippen molar-refractivity contribution in [3.05, 3.63) is 71.3 Å². The zero-order chi connectivity index (χ0) is 19.8. The Labute approximate surface area is 168 Å². The van der Waals surface area contributed by atoms with Crippen LogP contribution in [0.15, 0.2) is 54.6 Å². The first-order valence-electron chi connectivity index (χ1n) is 10.3. The summed E-state index contributed by atoms with van der Waals surface area (Å²) in [6.07, 6.45) is 2.52. The fourth-order valence-corrected chi connectivity index (χ4v) is 3.67. The van der Waals surface area contributed by atoms with Crippen molar-refractivity contribution in [2.45, 2.75) is 39.2 Å². The third kappa shape index (κ3) is 5.77. The Morgan fingerprint density at radius 3 is 2.29 bits per heavy atom. The number of nitrogens with zero attached hydrogens (tertiary/aromatic N) is 2. The monoisotopic (exact) mass is 378 g/mol. The van der Waals surface area contributed by atoms with Crippen molar-refractivity contribution in [2.24, 2.45) is 0 Å². The van der Waals surface area contributed by atoms with Crippen LogP contribution in [0.25, 0.3) is 0 Å². The molecule has 1 amide bonds. The maximum atomic E-state index is 12.6. The van der Waals surface area contributed by atoms with Gasteiger partial charge in [0.15, 0.2) is 5.78 Å². The largest absolute Gasteiger partial charge is 0.341 e. The number of hydrogen-bond acceptors (Lipinski definition) is 3. The smallest absolute Gasteiger partial charge is 0.223 e. The Balaban J connectivity index is 1.45. The lowest BCUT2D eigenvalue weighted by atomic mass is 10.0. The Kier molecular flexibility index (Phi) is 7.38. The van der Waals surface area contributed by atoms with E-state index >= 15 is 0 Å². The first kappa shape index (κ1) is 20.3. The third-order valence-corrected chi connectivity index (χ3v) is 5.44. The quantitative estimate of drug-likeness (QED) is 0.685. The van der Waals surface area contributed by atoms with Gasteiger partial charge >= 0.3 is 0 Å². The third-order valence-electron chi connectivity index (χ3n) is 5.44. The highest BCUT2D eigenvalue weighted by atomic mass is 16.2. The number of ketones is 1. The molecule has 4 heteroatoms. The molecule has 0 bridgehead atoms. The molecule has 0 spiro atoms. The molecule has 0 N–H and O–H groups in total. The minimum atomic E-state index is 0.0523. The summed E-state index contributed by atoms with van der Waals surface area (Å²) in [4.78, 5) is 29.3. The van der Waals surface area contributed by atoms with E-state index in [1.165, 1.54) is 11.1 Å². The average molecular weight is 379 g/mol. The van der Waals surface area contributed by atoms with Gasteiger partial charge in [0.2, 0.25) is 5.91 Å². The van der Waals surface area contributed by atoms with Crippen molar-refractivity contribution in [1.82, 2.24) is 9.80 Å². The molecule has 1 aliphatic rings. The number of Topliss-reactive ketones (excluding diaryl/α,β-unsaturated/α-hetero) is 1. The molecule has 0 unspecified atom stereocenters. The molecule has 4 nitrogen and oxygen atoms in total. The summed E-state index contributed by atoms with van der Waals surface area (Å²) in [5.74, 6) is 0.150. The van der Waals surface area contributed by atoms with Crippen LogP contribution in [0.2, 0.25) is 0 Å². The van der Waals surface area contributed by atoms with Crippen LogP contribution in [0.3, 0.4) is 0 Å². The highest BCUT2D eigenvalue weighted by Gasteiger charge is 2.20. The number of rotatable bonds is 7. The molecule has 1 heterocycles. The normalized spacial score (nSPS) is 15.2. The SMILES string of the molecule is CCc1ccc(C(=O)CCC(=O)N2CCCN(Cc3ccccc3)CC2)cc1. The maximum Gasteiger partial charge on any atom is 0.223 e. The van der Waals surface area contributed by atoms with Crippen molar-refractivity contribution in [3.8, 4) is 0 Å². The van der Waals surface area contributed by atoms with Crippen molar-refractivity contribution in [1.29, 1.82) is 0 Å². The molecule has 0 radical (unpaired) electrons. The molecule has 148 valence electrons. The Hall–Kier alpha value is -2.46. The second-order valence-corrected chi connectivity index (χ2v) is 7.47. The van der Waals surface area contributed by atoms with E-state index in [9.17, 15) is 9.59 Å². The average Bonchev–Trinajstić information content (AvgIpc) is 2.98. The van der Waals surface area contributed by atoms with Crippen LogP contribution in [0.1, 0.15) is 47.7 Å². The van der Waals surface area contributed by atoms with E-state index in [0.29, 0.717) is 12.0 Å². The number of hydrogen-bond donors (Lipinski definition) is 0. The molecule has 1 fully saturated rings. The highest BCUT2D eigenvalue weighted by Crippen LogP contribution is 2.12. The molecule has 1 saturated heterocycles. The van der Waals surface area contributed by atoms with Crippen LogP contribution in [-0.4, -0.2) is 47.7 Å². The molecule has 1 aliphatic heterocycles. The highest BCUT2D eigenvalue weighted by molar-refractivity contribution is 5.98. The molecule has 3 rings (SSSR count). The summed E-state index contributed by atoms with van der Waals surface area (Å²) in [5, 5.41) is 0. The van der Waals surface area contributed by atoms with E-state index in [2.05, 4.69) is 36.1 Å². The topological polar surface area (TPSA) is 40.6 Å². The molecular weight excluding hydrogens is 348 g/mol. The van der Waals surface area contributed by atoms with Gasteiger partial charge in [-0.05, 0) is 24.0 Å². The van der Waals surface area contributed by atoms with E-state index in [1.807, 2.05) is 35.2 Å². The number of aryl methyl sites for hydroxylation is 1. The van der Waals surface area contributed by atoms with Crippen LogP contribution >= 0.6 is 0 Å². The van der Waals surface area contributed by atoms with E-state index < -0.39 is 0 Å². The van der Waals surface area contributed by atoms with Crippen molar-refractivity contribution < 1.29 is 9.59 Å².